The first-order valence-electron chi connectivity index (χ1n) is 5.70. The SMILES string of the molecule is CC(C)(C)CSC1CC(=O)N(C(C)(C)I)C1. The Hall–Kier alpha value is 0.550. The molecule has 16 heavy (non-hydrogen) atoms. The van der Waals surface area contributed by atoms with Crippen LogP contribution in [0.4, 0.5) is 0 Å². The van der Waals surface area contributed by atoms with E-state index in [-0.39, 0.29) is 3.55 Å². The van der Waals surface area contributed by atoms with E-state index >= 15 is 0 Å². The minimum absolute atomic E-state index is 0.0497. The Bertz CT molecular complexity index is 267. The summed E-state index contributed by atoms with van der Waals surface area (Å²) in [4.78, 5) is 13.9. The molecule has 0 aromatic carbocycles. The number of halogens is 1. The highest BCUT2D eigenvalue weighted by molar-refractivity contribution is 14.1. The molecule has 0 aromatic heterocycles. The highest BCUT2D eigenvalue weighted by Gasteiger charge is 2.37. The maximum absolute atomic E-state index is 11.9. The lowest BCUT2D eigenvalue weighted by Crippen LogP contribution is -2.40. The van der Waals surface area contributed by atoms with E-state index in [4.69, 9.17) is 0 Å². The van der Waals surface area contributed by atoms with Gasteiger partial charge in [0.2, 0.25) is 5.91 Å². The molecule has 0 radical (unpaired) electrons. The zero-order valence-electron chi connectivity index (χ0n) is 10.8. The summed E-state index contributed by atoms with van der Waals surface area (Å²) in [6.07, 6.45) is 0.715. The molecule has 1 fully saturated rings. The Morgan fingerprint density at radius 3 is 2.31 bits per heavy atom. The van der Waals surface area contributed by atoms with Gasteiger partial charge in [0.25, 0.3) is 0 Å². The molecule has 0 aromatic rings. The van der Waals surface area contributed by atoms with Crippen molar-refractivity contribution in [2.75, 3.05) is 12.3 Å². The van der Waals surface area contributed by atoms with Gasteiger partial charge in [-0.15, -0.1) is 0 Å². The average molecular weight is 355 g/mol. The predicted octanol–water partition coefficient (Wildman–Crippen LogP) is 3.54. The van der Waals surface area contributed by atoms with E-state index in [0.29, 0.717) is 23.0 Å². The number of carbonyl (C=O) groups excluding carboxylic acids is 1. The molecule has 1 saturated heterocycles. The first-order valence-corrected chi connectivity index (χ1v) is 7.83. The van der Waals surface area contributed by atoms with Crippen LogP contribution < -0.4 is 0 Å². The first-order chi connectivity index (χ1) is 7.09. The number of alkyl halides is 1. The molecule has 0 bridgehead atoms. The van der Waals surface area contributed by atoms with Crippen LogP contribution >= 0.6 is 34.4 Å². The topological polar surface area (TPSA) is 20.3 Å². The predicted molar refractivity (Wildman–Crippen MR) is 80.1 cm³/mol. The van der Waals surface area contributed by atoms with Gasteiger partial charge >= 0.3 is 0 Å². The van der Waals surface area contributed by atoms with Crippen LogP contribution in [0.5, 0.6) is 0 Å². The van der Waals surface area contributed by atoms with E-state index in [9.17, 15) is 4.79 Å². The molecule has 1 aliphatic rings. The van der Waals surface area contributed by atoms with Gasteiger partial charge in [-0.1, -0.05) is 43.4 Å². The van der Waals surface area contributed by atoms with Gasteiger partial charge in [-0.3, -0.25) is 4.79 Å². The second-order valence-corrected chi connectivity index (χ2v) is 10.0. The highest BCUT2D eigenvalue weighted by Crippen LogP contribution is 2.34. The lowest BCUT2D eigenvalue weighted by molar-refractivity contribution is -0.129. The molecule has 1 aliphatic heterocycles. The van der Waals surface area contributed by atoms with Gasteiger partial charge in [0.1, 0.15) is 0 Å². The van der Waals surface area contributed by atoms with Crippen molar-refractivity contribution in [1.82, 2.24) is 4.90 Å². The largest absolute Gasteiger partial charge is 0.328 e. The molecule has 0 saturated carbocycles. The number of thioether (sulfide) groups is 1. The summed E-state index contributed by atoms with van der Waals surface area (Å²) >= 11 is 4.29. The van der Waals surface area contributed by atoms with E-state index in [0.717, 1.165) is 12.3 Å². The minimum Gasteiger partial charge on any atom is -0.328 e. The monoisotopic (exact) mass is 355 g/mol. The summed E-state index contributed by atoms with van der Waals surface area (Å²) in [5, 5.41) is 0.487. The van der Waals surface area contributed by atoms with Gasteiger partial charge in [-0.05, 0) is 25.0 Å². The standard InChI is InChI=1S/C12H22INOS/c1-11(2,3)8-16-9-6-10(15)14(7-9)12(4,5)13/h9H,6-8H2,1-5H3. The Morgan fingerprint density at radius 2 is 1.94 bits per heavy atom. The molecular weight excluding hydrogens is 333 g/mol. The van der Waals surface area contributed by atoms with Crippen LogP contribution in [0, 0.1) is 5.41 Å². The summed E-state index contributed by atoms with van der Waals surface area (Å²) in [5.74, 6) is 1.44. The summed E-state index contributed by atoms with van der Waals surface area (Å²) in [5.41, 5.74) is 0.348. The molecule has 1 atom stereocenters. The van der Waals surface area contributed by atoms with E-state index in [2.05, 4.69) is 57.2 Å². The summed E-state index contributed by atoms with van der Waals surface area (Å²) in [6.45, 7) is 11.9. The van der Waals surface area contributed by atoms with Crippen molar-refractivity contribution in [3.8, 4) is 0 Å². The van der Waals surface area contributed by atoms with Crippen LogP contribution in [0.2, 0.25) is 0 Å². The quantitative estimate of drug-likeness (QED) is 0.439. The van der Waals surface area contributed by atoms with Gasteiger partial charge in [0.15, 0.2) is 0 Å². The lowest BCUT2D eigenvalue weighted by Gasteiger charge is -2.30. The number of nitrogens with zero attached hydrogens (tertiary/aromatic N) is 1. The number of carbonyl (C=O) groups is 1. The second-order valence-electron chi connectivity index (χ2n) is 6.11. The minimum atomic E-state index is -0.0497. The van der Waals surface area contributed by atoms with Crippen molar-refractivity contribution in [2.24, 2.45) is 5.41 Å². The van der Waals surface area contributed by atoms with Gasteiger partial charge in [-0.2, -0.15) is 11.8 Å². The Balaban J connectivity index is 2.48. The maximum atomic E-state index is 11.9. The molecule has 1 rings (SSSR count). The Morgan fingerprint density at radius 1 is 1.38 bits per heavy atom. The van der Waals surface area contributed by atoms with Gasteiger partial charge in [0.05, 0.1) is 3.55 Å². The zero-order valence-corrected chi connectivity index (χ0v) is 13.8. The normalized spacial score (nSPS) is 23.0. The molecule has 94 valence electrons. The molecule has 0 spiro atoms. The molecule has 1 unspecified atom stereocenters. The lowest BCUT2D eigenvalue weighted by atomic mass is 10.0. The molecular formula is C12H22INOS. The third kappa shape index (κ3) is 4.43. The highest BCUT2D eigenvalue weighted by atomic mass is 127. The number of hydrogen-bond acceptors (Lipinski definition) is 2. The van der Waals surface area contributed by atoms with Crippen LogP contribution in [0.15, 0.2) is 0 Å². The van der Waals surface area contributed by atoms with E-state index in [1.165, 1.54) is 0 Å². The Kier molecular flexibility index (Phi) is 4.60. The third-order valence-corrected chi connectivity index (χ3v) is 4.89. The molecule has 1 amide bonds. The van der Waals surface area contributed by atoms with Crippen molar-refractivity contribution in [2.45, 2.75) is 49.8 Å². The fraction of sp³-hybridized carbons (Fsp3) is 0.917. The second kappa shape index (κ2) is 5.04. The van der Waals surface area contributed by atoms with Crippen LogP contribution in [-0.4, -0.2) is 31.9 Å². The van der Waals surface area contributed by atoms with E-state index in [1.54, 1.807) is 0 Å². The smallest absolute Gasteiger partial charge is 0.224 e. The molecule has 0 aliphatic carbocycles. The summed E-state index contributed by atoms with van der Waals surface area (Å²) in [7, 11) is 0. The van der Waals surface area contributed by atoms with Crippen molar-refractivity contribution >= 4 is 40.3 Å². The van der Waals surface area contributed by atoms with E-state index in [1.807, 2.05) is 16.7 Å². The maximum Gasteiger partial charge on any atom is 0.224 e. The van der Waals surface area contributed by atoms with Crippen LogP contribution in [-0.2, 0) is 4.79 Å². The zero-order chi connectivity index (χ0) is 12.6. The van der Waals surface area contributed by atoms with Crippen molar-refractivity contribution in [3.63, 3.8) is 0 Å². The first kappa shape index (κ1) is 14.6. The van der Waals surface area contributed by atoms with Crippen LogP contribution in [0.3, 0.4) is 0 Å². The summed E-state index contributed by atoms with van der Waals surface area (Å²) < 4.78 is -0.0497. The third-order valence-electron chi connectivity index (χ3n) is 2.48. The number of hydrogen-bond donors (Lipinski definition) is 0. The fourth-order valence-corrected chi connectivity index (χ4v) is 3.38. The Labute approximate surface area is 117 Å². The van der Waals surface area contributed by atoms with Gasteiger partial charge in [0, 0.05) is 18.2 Å². The molecule has 4 heteroatoms. The molecule has 1 heterocycles. The number of likely N-dealkylation sites (tertiary alicyclic amines) is 1. The van der Waals surface area contributed by atoms with Crippen LogP contribution in [0.25, 0.3) is 0 Å². The number of amides is 1. The molecule has 0 N–H and O–H groups in total. The number of rotatable bonds is 3. The molecule has 2 nitrogen and oxygen atoms in total. The van der Waals surface area contributed by atoms with Crippen LogP contribution in [0.1, 0.15) is 41.0 Å². The fourth-order valence-electron chi connectivity index (χ4n) is 1.67. The summed E-state index contributed by atoms with van der Waals surface area (Å²) in [6, 6.07) is 0. The van der Waals surface area contributed by atoms with Gasteiger partial charge < -0.3 is 4.90 Å². The van der Waals surface area contributed by atoms with Crippen molar-refractivity contribution in [3.05, 3.63) is 0 Å². The average Bonchev–Trinajstić information content (AvgIpc) is 2.41. The van der Waals surface area contributed by atoms with Crippen molar-refractivity contribution in [1.29, 1.82) is 0 Å². The van der Waals surface area contributed by atoms with Gasteiger partial charge in [-0.25, -0.2) is 0 Å². The van der Waals surface area contributed by atoms with Crippen molar-refractivity contribution < 1.29 is 4.79 Å². The van der Waals surface area contributed by atoms with E-state index < -0.39 is 0 Å².